The van der Waals surface area contributed by atoms with Crippen LogP contribution in [0.2, 0.25) is 0 Å². The summed E-state index contributed by atoms with van der Waals surface area (Å²) in [6.45, 7) is 0.0811. The standard InChI is InChI=1S/C26H24N2O4/c27-23(29)15-14-22(26(31)32-16-17-8-2-1-3-9-17)28-25(30)24-20-12-6-4-10-18(20)19-11-5-7-13-21(19)24/h1-13,22,24H,14-16H2,(H2,27,29)(H,28,30)/t22-/m0/s1. The van der Waals surface area contributed by atoms with Gasteiger partial charge in [0.2, 0.25) is 11.8 Å². The molecule has 1 atom stereocenters. The molecule has 0 unspecified atom stereocenters. The molecule has 0 radical (unpaired) electrons. The molecule has 3 aromatic rings. The molecule has 0 fully saturated rings. The minimum atomic E-state index is -0.973. The summed E-state index contributed by atoms with van der Waals surface area (Å²) in [7, 11) is 0. The molecule has 0 spiro atoms. The van der Waals surface area contributed by atoms with E-state index in [0.717, 1.165) is 27.8 Å². The lowest BCUT2D eigenvalue weighted by molar-refractivity contribution is -0.149. The highest BCUT2D eigenvalue weighted by atomic mass is 16.5. The summed E-state index contributed by atoms with van der Waals surface area (Å²) in [5.74, 6) is -1.99. The highest BCUT2D eigenvalue weighted by Gasteiger charge is 2.35. The Morgan fingerprint density at radius 1 is 0.844 bits per heavy atom. The Morgan fingerprint density at radius 3 is 2.00 bits per heavy atom. The second kappa shape index (κ2) is 9.47. The first-order valence-electron chi connectivity index (χ1n) is 10.5. The number of hydrogen-bond acceptors (Lipinski definition) is 4. The van der Waals surface area contributed by atoms with E-state index in [-0.39, 0.29) is 25.4 Å². The van der Waals surface area contributed by atoms with Crippen LogP contribution in [0.15, 0.2) is 78.9 Å². The van der Waals surface area contributed by atoms with Gasteiger partial charge in [-0.3, -0.25) is 9.59 Å². The maximum absolute atomic E-state index is 13.4. The summed E-state index contributed by atoms with van der Waals surface area (Å²) in [4.78, 5) is 37.5. The smallest absolute Gasteiger partial charge is 0.328 e. The SMILES string of the molecule is NC(=O)CC[C@H](NC(=O)C1c2ccccc2-c2ccccc21)C(=O)OCc1ccccc1. The number of hydrogen-bond donors (Lipinski definition) is 2. The molecule has 0 saturated heterocycles. The van der Waals surface area contributed by atoms with E-state index < -0.39 is 23.8 Å². The van der Waals surface area contributed by atoms with Crippen molar-refractivity contribution in [3.05, 3.63) is 95.6 Å². The highest BCUT2D eigenvalue weighted by Crippen LogP contribution is 2.44. The van der Waals surface area contributed by atoms with E-state index in [9.17, 15) is 14.4 Å². The Labute approximate surface area is 186 Å². The van der Waals surface area contributed by atoms with Crippen molar-refractivity contribution in [3.8, 4) is 11.1 Å². The van der Waals surface area contributed by atoms with E-state index in [1.807, 2.05) is 78.9 Å². The largest absolute Gasteiger partial charge is 0.459 e. The fraction of sp³-hybridized carbons (Fsp3) is 0.192. The van der Waals surface area contributed by atoms with Gasteiger partial charge in [0.15, 0.2) is 0 Å². The van der Waals surface area contributed by atoms with Gasteiger partial charge in [-0.1, -0.05) is 78.9 Å². The molecule has 0 saturated carbocycles. The highest BCUT2D eigenvalue weighted by molar-refractivity contribution is 5.98. The van der Waals surface area contributed by atoms with E-state index in [0.29, 0.717) is 0 Å². The molecule has 6 heteroatoms. The number of fused-ring (bicyclic) bond motifs is 3. The number of rotatable bonds is 8. The molecule has 1 aliphatic carbocycles. The second-order valence-corrected chi connectivity index (χ2v) is 7.77. The van der Waals surface area contributed by atoms with Gasteiger partial charge in [0, 0.05) is 6.42 Å². The number of nitrogens with one attached hydrogen (secondary N) is 1. The summed E-state index contributed by atoms with van der Waals surface area (Å²) < 4.78 is 5.42. The normalized spacial score (nSPS) is 13.0. The number of carbonyl (C=O) groups excluding carboxylic acids is 3. The predicted octanol–water partition coefficient (Wildman–Crippen LogP) is 3.29. The van der Waals surface area contributed by atoms with Gasteiger partial charge in [-0.15, -0.1) is 0 Å². The first kappa shape index (κ1) is 21.3. The van der Waals surface area contributed by atoms with Crippen molar-refractivity contribution in [2.24, 2.45) is 5.73 Å². The minimum Gasteiger partial charge on any atom is -0.459 e. The Balaban J connectivity index is 1.53. The molecule has 1 aliphatic rings. The number of amides is 2. The van der Waals surface area contributed by atoms with E-state index in [1.54, 1.807) is 0 Å². The zero-order valence-electron chi connectivity index (χ0n) is 17.5. The van der Waals surface area contributed by atoms with E-state index in [2.05, 4.69) is 5.32 Å². The van der Waals surface area contributed by atoms with E-state index in [1.165, 1.54) is 0 Å². The summed E-state index contributed by atoms with van der Waals surface area (Å²) in [5.41, 5.74) is 9.89. The molecule has 162 valence electrons. The third-order valence-electron chi connectivity index (χ3n) is 5.60. The average Bonchev–Trinajstić information content (AvgIpc) is 3.15. The van der Waals surface area contributed by atoms with Crippen molar-refractivity contribution >= 4 is 17.8 Å². The molecule has 6 nitrogen and oxygen atoms in total. The average molecular weight is 428 g/mol. The molecule has 4 rings (SSSR count). The first-order valence-corrected chi connectivity index (χ1v) is 10.5. The molecule has 3 N–H and O–H groups in total. The number of nitrogens with two attached hydrogens (primary N) is 1. The molecule has 0 aromatic heterocycles. The van der Waals surface area contributed by atoms with Crippen molar-refractivity contribution in [2.45, 2.75) is 31.4 Å². The van der Waals surface area contributed by atoms with Crippen LogP contribution in [-0.2, 0) is 25.7 Å². The summed E-state index contributed by atoms with van der Waals surface area (Å²) >= 11 is 0. The quantitative estimate of drug-likeness (QED) is 0.538. The zero-order valence-corrected chi connectivity index (χ0v) is 17.5. The molecule has 0 aliphatic heterocycles. The van der Waals surface area contributed by atoms with Crippen molar-refractivity contribution in [1.29, 1.82) is 0 Å². The van der Waals surface area contributed by atoms with Gasteiger partial charge < -0.3 is 15.8 Å². The number of esters is 1. The second-order valence-electron chi connectivity index (χ2n) is 7.77. The lowest BCUT2D eigenvalue weighted by Gasteiger charge is -2.20. The van der Waals surface area contributed by atoms with Gasteiger partial charge in [0.05, 0.1) is 5.92 Å². The lowest BCUT2D eigenvalue weighted by Crippen LogP contribution is -2.44. The van der Waals surface area contributed by atoms with Gasteiger partial charge in [-0.2, -0.15) is 0 Å². The zero-order chi connectivity index (χ0) is 22.5. The van der Waals surface area contributed by atoms with Crippen LogP contribution < -0.4 is 11.1 Å². The first-order chi connectivity index (χ1) is 15.5. The Kier molecular flexibility index (Phi) is 6.31. The van der Waals surface area contributed by atoms with Crippen molar-refractivity contribution in [2.75, 3.05) is 0 Å². The monoisotopic (exact) mass is 428 g/mol. The Morgan fingerprint density at radius 2 is 1.41 bits per heavy atom. The van der Waals surface area contributed by atoms with Gasteiger partial charge in [0.1, 0.15) is 12.6 Å². The van der Waals surface area contributed by atoms with Crippen molar-refractivity contribution < 1.29 is 19.1 Å². The van der Waals surface area contributed by atoms with Gasteiger partial charge in [-0.25, -0.2) is 4.79 Å². The van der Waals surface area contributed by atoms with Crippen LogP contribution in [-0.4, -0.2) is 23.8 Å². The van der Waals surface area contributed by atoms with Crippen LogP contribution in [0.4, 0.5) is 0 Å². The summed E-state index contributed by atoms with van der Waals surface area (Å²) in [5, 5.41) is 2.81. The maximum atomic E-state index is 13.4. The van der Waals surface area contributed by atoms with E-state index >= 15 is 0 Å². The van der Waals surface area contributed by atoms with Crippen LogP contribution in [0.25, 0.3) is 11.1 Å². The van der Waals surface area contributed by atoms with Crippen molar-refractivity contribution in [1.82, 2.24) is 5.32 Å². The molecular weight excluding hydrogens is 404 g/mol. The molecule has 3 aromatic carbocycles. The van der Waals surface area contributed by atoms with Crippen LogP contribution in [0.1, 0.15) is 35.4 Å². The summed E-state index contributed by atoms with van der Waals surface area (Å²) in [6.07, 6.45) is 0.0356. The lowest BCUT2D eigenvalue weighted by atomic mass is 9.95. The molecule has 2 amide bonds. The molecule has 32 heavy (non-hydrogen) atoms. The third-order valence-corrected chi connectivity index (χ3v) is 5.60. The number of benzene rings is 3. The van der Waals surface area contributed by atoms with E-state index in [4.69, 9.17) is 10.5 Å². The fourth-order valence-corrected chi connectivity index (χ4v) is 4.06. The number of carbonyl (C=O) groups is 3. The predicted molar refractivity (Wildman–Crippen MR) is 120 cm³/mol. The number of primary amides is 1. The van der Waals surface area contributed by atoms with Crippen LogP contribution in [0.5, 0.6) is 0 Å². The molecular formula is C26H24N2O4. The van der Waals surface area contributed by atoms with Crippen LogP contribution >= 0.6 is 0 Å². The van der Waals surface area contributed by atoms with Gasteiger partial charge in [0.25, 0.3) is 0 Å². The van der Waals surface area contributed by atoms with Gasteiger partial charge >= 0.3 is 5.97 Å². The van der Waals surface area contributed by atoms with Crippen LogP contribution in [0.3, 0.4) is 0 Å². The molecule has 0 heterocycles. The maximum Gasteiger partial charge on any atom is 0.328 e. The Bertz CT molecular complexity index is 1100. The summed E-state index contributed by atoms with van der Waals surface area (Å²) in [6, 6.07) is 23.8. The van der Waals surface area contributed by atoms with Crippen LogP contribution in [0, 0.1) is 0 Å². The minimum absolute atomic E-state index is 0.0385. The third kappa shape index (κ3) is 4.54. The van der Waals surface area contributed by atoms with Crippen molar-refractivity contribution in [3.63, 3.8) is 0 Å². The number of ether oxygens (including phenoxy) is 1. The van der Waals surface area contributed by atoms with Gasteiger partial charge in [-0.05, 0) is 34.2 Å². The fourth-order valence-electron chi connectivity index (χ4n) is 4.06. The topological polar surface area (TPSA) is 98.5 Å². The Hall–Kier alpha value is -3.93. The molecule has 0 bridgehead atoms.